The van der Waals surface area contributed by atoms with Gasteiger partial charge in [0.1, 0.15) is 18.0 Å². The van der Waals surface area contributed by atoms with Crippen LogP contribution in [0.2, 0.25) is 0 Å². The second-order valence-electron chi connectivity index (χ2n) is 5.90. The Kier molecular flexibility index (Phi) is 5.02. The predicted molar refractivity (Wildman–Crippen MR) is 93.3 cm³/mol. The largest absolute Gasteiger partial charge is 0.497 e. The molecular formula is C18H22N4O3. The fraction of sp³-hybridized carbons (Fsp3) is 0.389. The highest BCUT2D eigenvalue weighted by atomic mass is 16.5. The van der Waals surface area contributed by atoms with Gasteiger partial charge < -0.3 is 14.8 Å². The molecule has 0 amide bonds. The van der Waals surface area contributed by atoms with Crippen molar-refractivity contribution in [2.75, 3.05) is 19.0 Å². The summed E-state index contributed by atoms with van der Waals surface area (Å²) in [4.78, 5) is 16.9. The van der Waals surface area contributed by atoms with Gasteiger partial charge in [0, 0.05) is 5.70 Å². The normalized spacial score (nSPS) is 19.0. The standard InChI is InChI=1S/C18H22N4O3/c1-4-5-10-25-17(23)15-12(2)21-18-19-11-20-22(18)16(15)13-6-8-14(24-3)9-7-13/h6-9,11,15-16H,2,4-5,10H2,1,3H3,(H,19,20,21)/t15-,16-/m0/s1. The number of rotatable bonds is 6. The molecule has 1 aliphatic rings. The number of anilines is 1. The van der Waals surface area contributed by atoms with Crippen LogP contribution in [0.4, 0.5) is 5.95 Å². The number of hydrogen-bond acceptors (Lipinski definition) is 6. The molecule has 1 aromatic carbocycles. The molecule has 0 aliphatic carbocycles. The molecule has 1 aromatic heterocycles. The smallest absolute Gasteiger partial charge is 0.317 e. The van der Waals surface area contributed by atoms with Crippen molar-refractivity contribution in [3.63, 3.8) is 0 Å². The van der Waals surface area contributed by atoms with Crippen LogP contribution in [0.5, 0.6) is 5.75 Å². The minimum Gasteiger partial charge on any atom is -0.497 e. The van der Waals surface area contributed by atoms with E-state index in [4.69, 9.17) is 9.47 Å². The van der Waals surface area contributed by atoms with E-state index in [1.807, 2.05) is 24.3 Å². The Balaban J connectivity index is 1.96. The maximum absolute atomic E-state index is 12.7. The van der Waals surface area contributed by atoms with E-state index < -0.39 is 5.92 Å². The molecule has 25 heavy (non-hydrogen) atoms. The number of esters is 1. The van der Waals surface area contributed by atoms with Crippen LogP contribution in [-0.2, 0) is 9.53 Å². The van der Waals surface area contributed by atoms with Crippen LogP contribution in [0.1, 0.15) is 31.4 Å². The van der Waals surface area contributed by atoms with Crippen LogP contribution >= 0.6 is 0 Å². The van der Waals surface area contributed by atoms with Crippen LogP contribution in [0.3, 0.4) is 0 Å². The van der Waals surface area contributed by atoms with Gasteiger partial charge in [0.15, 0.2) is 0 Å². The number of hydrogen-bond donors (Lipinski definition) is 1. The average molecular weight is 342 g/mol. The van der Waals surface area contributed by atoms with E-state index in [0.29, 0.717) is 18.3 Å². The molecule has 0 fully saturated rings. The highest BCUT2D eigenvalue weighted by Crippen LogP contribution is 2.38. The van der Waals surface area contributed by atoms with Crippen LogP contribution in [-0.4, -0.2) is 34.5 Å². The Morgan fingerprint density at radius 3 is 2.80 bits per heavy atom. The van der Waals surface area contributed by atoms with Gasteiger partial charge in [-0.3, -0.25) is 4.79 Å². The van der Waals surface area contributed by atoms with E-state index >= 15 is 0 Å². The van der Waals surface area contributed by atoms with E-state index in [1.54, 1.807) is 11.8 Å². The molecule has 2 heterocycles. The number of ether oxygens (including phenoxy) is 2. The third-order valence-corrected chi connectivity index (χ3v) is 4.25. The van der Waals surface area contributed by atoms with Gasteiger partial charge in [-0.25, -0.2) is 4.68 Å². The number of benzene rings is 1. The summed E-state index contributed by atoms with van der Waals surface area (Å²) in [7, 11) is 1.62. The van der Waals surface area contributed by atoms with E-state index in [0.717, 1.165) is 24.2 Å². The van der Waals surface area contributed by atoms with Crippen molar-refractivity contribution in [1.82, 2.24) is 14.8 Å². The van der Waals surface area contributed by atoms with Gasteiger partial charge >= 0.3 is 5.97 Å². The van der Waals surface area contributed by atoms with Crippen molar-refractivity contribution < 1.29 is 14.3 Å². The van der Waals surface area contributed by atoms with E-state index in [2.05, 4.69) is 28.9 Å². The van der Waals surface area contributed by atoms with E-state index in [9.17, 15) is 4.79 Å². The minimum atomic E-state index is -0.584. The molecule has 1 aliphatic heterocycles. The molecule has 0 saturated carbocycles. The quantitative estimate of drug-likeness (QED) is 0.642. The summed E-state index contributed by atoms with van der Waals surface area (Å²) >= 11 is 0. The Labute approximate surface area is 146 Å². The first-order valence-corrected chi connectivity index (χ1v) is 8.31. The molecule has 2 aromatic rings. The van der Waals surface area contributed by atoms with Crippen molar-refractivity contribution in [1.29, 1.82) is 0 Å². The van der Waals surface area contributed by atoms with Crippen LogP contribution in [0.25, 0.3) is 0 Å². The van der Waals surface area contributed by atoms with Gasteiger partial charge in [0.2, 0.25) is 5.95 Å². The molecule has 3 rings (SSSR count). The zero-order valence-electron chi connectivity index (χ0n) is 14.4. The fourth-order valence-electron chi connectivity index (χ4n) is 2.91. The van der Waals surface area contributed by atoms with E-state index in [-0.39, 0.29) is 12.0 Å². The topological polar surface area (TPSA) is 78.3 Å². The molecular weight excluding hydrogens is 320 g/mol. The number of methoxy groups -OCH3 is 1. The Bertz CT molecular complexity index is 754. The molecule has 0 unspecified atom stereocenters. The molecule has 0 radical (unpaired) electrons. The molecule has 1 N–H and O–H groups in total. The monoisotopic (exact) mass is 342 g/mol. The Morgan fingerprint density at radius 2 is 2.12 bits per heavy atom. The van der Waals surface area contributed by atoms with Gasteiger partial charge in [0.05, 0.1) is 19.8 Å². The number of nitrogens with one attached hydrogen (secondary N) is 1. The van der Waals surface area contributed by atoms with Gasteiger partial charge in [-0.2, -0.15) is 10.1 Å². The second kappa shape index (κ2) is 7.38. The van der Waals surface area contributed by atoms with Gasteiger partial charge in [0.25, 0.3) is 0 Å². The lowest BCUT2D eigenvalue weighted by Gasteiger charge is -2.33. The number of nitrogens with zero attached hydrogens (tertiary/aromatic N) is 3. The van der Waals surface area contributed by atoms with Crippen LogP contribution in [0, 0.1) is 5.92 Å². The number of unbranched alkanes of at least 4 members (excludes halogenated alkanes) is 1. The summed E-state index contributed by atoms with van der Waals surface area (Å²) < 4.78 is 12.4. The molecule has 0 saturated heterocycles. The first-order chi connectivity index (χ1) is 12.2. The zero-order chi connectivity index (χ0) is 17.8. The highest BCUT2D eigenvalue weighted by Gasteiger charge is 2.40. The second-order valence-corrected chi connectivity index (χ2v) is 5.90. The first kappa shape index (κ1) is 17.0. The number of carbonyl (C=O) groups is 1. The van der Waals surface area contributed by atoms with Gasteiger partial charge in [-0.1, -0.05) is 32.1 Å². The summed E-state index contributed by atoms with van der Waals surface area (Å²) in [6.07, 6.45) is 3.25. The maximum atomic E-state index is 12.7. The van der Waals surface area contributed by atoms with Crippen molar-refractivity contribution in [2.24, 2.45) is 5.92 Å². The molecule has 0 bridgehead atoms. The Hall–Kier alpha value is -2.83. The summed E-state index contributed by atoms with van der Waals surface area (Å²) in [5, 5.41) is 7.34. The molecule has 2 atom stereocenters. The lowest BCUT2D eigenvalue weighted by atomic mass is 9.89. The summed E-state index contributed by atoms with van der Waals surface area (Å²) in [5.41, 5.74) is 1.47. The third kappa shape index (κ3) is 3.35. The summed E-state index contributed by atoms with van der Waals surface area (Å²) in [5.74, 6) is 0.410. The first-order valence-electron chi connectivity index (χ1n) is 8.31. The number of carbonyl (C=O) groups excluding carboxylic acids is 1. The fourth-order valence-corrected chi connectivity index (χ4v) is 2.91. The Morgan fingerprint density at radius 1 is 1.36 bits per heavy atom. The van der Waals surface area contributed by atoms with Crippen molar-refractivity contribution in [3.05, 3.63) is 48.4 Å². The molecule has 7 heteroatoms. The SMILES string of the molecule is C=C1Nc2ncnn2[C@@H](c2ccc(OC)cc2)[C@H]1C(=O)OCCCC. The minimum absolute atomic E-state index is 0.312. The van der Waals surface area contributed by atoms with Crippen molar-refractivity contribution in [2.45, 2.75) is 25.8 Å². The molecule has 7 nitrogen and oxygen atoms in total. The number of fused-ring (bicyclic) bond motifs is 1. The lowest BCUT2D eigenvalue weighted by Crippen LogP contribution is -2.38. The van der Waals surface area contributed by atoms with E-state index in [1.165, 1.54) is 6.33 Å². The average Bonchev–Trinajstić information content (AvgIpc) is 3.08. The lowest BCUT2D eigenvalue weighted by molar-refractivity contribution is -0.148. The zero-order valence-corrected chi connectivity index (χ0v) is 14.4. The number of aromatic nitrogens is 3. The molecule has 132 valence electrons. The van der Waals surface area contributed by atoms with Crippen molar-refractivity contribution >= 4 is 11.9 Å². The van der Waals surface area contributed by atoms with Crippen LogP contribution < -0.4 is 10.1 Å². The summed E-state index contributed by atoms with van der Waals surface area (Å²) in [6, 6.07) is 7.18. The highest BCUT2D eigenvalue weighted by molar-refractivity contribution is 5.79. The predicted octanol–water partition coefficient (Wildman–Crippen LogP) is 2.77. The molecule has 0 spiro atoms. The summed E-state index contributed by atoms with van der Waals surface area (Å²) in [6.45, 7) is 6.47. The van der Waals surface area contributed by atoms with Crippen LogP contribution in [0.15, 0.2) is 42.9 Å². The van der Waals surface area contributed by atoms with Gasteiger partial charge in [-0.05, 0) is 24.1 Å². The third-order valence-electron chi connectivity index (χ3n) is 4.25. The van der Waals surface area contributed by atoms with Crippen molar-refractivity contribution in [3.8, 4) is 5.75 Å². The van der Waals surface area contributed by atoms with Gasteiger partial charge in [-0.15, -0.1) is 0 Å². The maximum Gasteiger partial charge on any atom is 0.317 e.